The summed E-state index contributed by atoms with van der Waals surface area (Å²) in [6.07, 6.45) is 0. The van der Waals surface area contributed by atoms with Gasteiger partial charge in [-0.05, 0) is 19.1 Å². The Hall–Kier alpha value is -1.95. The first kappa shape index (κ1) is 19.4. The summed E-state index contributed by atoms with van der Waals surface area (Å²) in [5.74, 6) is -3.48. The van der Waals surface area contributed by atoms with Crippen molar-refractivity contribution in [3.8, 4) is 0 Å². The van der Waals surface area contributed by atoms with E-state index in [0.29, 0.717) is 0 Å². The number of carboxylic acid groups (broad SMARTS) is 3. The molecule has 0 spiro atoms. The van der Waals surface area contributed by atoms with E-state index in [0.717, 1.165) is 6.92 Å². The van der Waals surface area contributed by atoms with Crippen LogP contribution in [0.1, 0.15) is 17.3 Å². The van der Waals surface area contributed by atoms with Crippen LogP contribution in [-0.2, 0) is 29.1 Å². The zero-order valence-corrected chi connectivity index (χ0v) is 13.2. The third kappa shape index (κ3) is 9.73. The maximum atomic E-state index is 10.7. The SMILES string of the molecule is CC(=O)[O-].O=C([O-])CNc1ccccc1C(=O)O.[Zn+2]. The molecule has 7 nitrogen and oxygen atoms in total. The molecule has 0 heterocycles. The summed E-state index contributed by atoms with van der Waals surface area (Å²) in [5, 5.41) is 30.2. The minimum atomic E-state index is -1.29. The Bertz CT molecular complexity index is 445. The first-order valence-corrected chi connectivity index (χ1v) is 4.78. The number of carbonyl (C=O) groups excluding carboxylic acids is 2. The average Bonchev–Trinajstić information content (AvgIpc) is 2.25. The predicted octanol–water partition coefficient (Wildman–Crippen LogP) is -1.70. The van der Waals surface area contributed by atoms with Gasteiger partial charge in [-0.1, -0.05) is 12.1 Å². The molecule has 0 amide bonds. The van der Waals surface area contributed by atoms with Gasteiger partial charge in [-0.15, -0.1) is 0 Å². The molecule has 0 aliphatic carbocycles. The van der Waals surface area contributed by atoms with Crippen LogP contribution in [0.15, 0.2) is 24.3 Å². The van der Waals surface area contributed by atoms with Crippen LogP contribution in [0.2, 0.25) is 0 Å². The quantitative estimate of drug-likeness (QED) is 0.633. The zero-order chi connectivity index (χ0) is 14.1. The normalized spacial score (nSPS) is 8.26. The molecule has 0 aliphatic heterocycles. The van der Waals surface area contributed by atoms with Crippen molar-refractivity contribution >= 4 is 23.6 Å². The topological polar surface area (TPSA) is 130 Å². The number of aliphatic carboxylic acids is 2. The van der Waals surface area contributed by atoms with Crippen molar-refractivity contribution in [2.24, 2.45) is 0 Å². The van der Waals surface area contributed by atoms with E-state index in [9.17, 15) is 14.7 Å². The molecular formula is C11H11NO6Zn. The van der Waals surface area contributed by atoms with Crippen molar-refractivity contribution in [2.75, 3.05) is 11.9 Å². The minimum absolute atomic E-state index is 0. The summed E-state index contributed by atoms with van der Waals surface area (Å²) in [5.41, 5.74) is 0.304. The first-order valence-electron chi connectivity index (χ1n) is 4.78. The number of anilines is 1. The van der Waals surface area contributed by atoms with Crippen LogP contribution in [-0.4, -0.2) is 29.6 Å². The molecule has 0 aliphatic rings. The van der Waals surface area contributed by atoms with Gasteiger partial charge in [0.2, 0.25) is 0 Å². The van der Waals surface area contributed by atoms with Gasteiger partial charge in [0.15, 0.2) is 0 Å². The van der Waals surface area contributed by atoms with Gasteiger partial charge in [-0.3, -0.25) is 0 Å². The number of benzene rings is 1. The second-order valence-corrected chi connectivity index (χ2v) is 3.07. The van der Waals surface area contributed by atoms with Gasteiger partial charge in [-0.2, -0.15) is 0 Å². The summed E-state index contributed by atoms with van der Waals surface area (Å²) in [4.78, 5) is 29.7. The number of carboxylic acids is 3. The Kier molecular flexibility index (Phi) is 10.2. The Morgan fingerprint density at radius 1 is 1.21 bits per heavy atom. The van der Waals surface area contributed by atoms with Crippen molar-refractivity contribution in [1.29, 1.82) is 0 Å². The molecule has 1 rings (SSSR count). The summed E-state index contributed by atoms with van der Waals surface area (Å²) >= 11 is 0. The van der Waals surface area contributed by atoms with E-state index < -0.39 is 24.5 Å². The van der Waals surface area contributed by atoms with E-state index >= 15 is 0 Å². The van der Waals surface area contributed by atoms with Crippen LogP contribution < -0.4 is 15.5 Å². The number of nitrogens with one attached hydrogen (secondary N) is 1. The largest absolute Gasteiger partial charge is 2.00 e. The third-order valence-electron chi connectivity index (χ3n) is 1.58. The second-order valence-electron chi connectivity index (χ2n) is 3.07. The van der Waals surface area contributed by atoms with Crippen LogP contribution in [0.5, 0.6) is 0 Å². The number of hydrogen-bond acceptors (Lipinski definition) is 6. The van der Waals surface area contributed by atoms with Gasteiger partial charge in [0.25, 0.3) is 0 Å². The second kappa shape index (κ2) is 10.0. The molecule has 1 aromatic carbocycles. The molecule has 1 aromatic rings. The van der Waals surface area contributed by atoms with E-state index in [-0.39, 0.29) is 30.7 Å². The van der Waals surface area contributed by atoms with Crippen LogP contribution in [0.3, 0.4) is 0 Å². The standard InChI is InChI=1S/C9H9NO4.C2H4O2.Zn/c11-8(12)5-10-7-4-2-1-3-6(7)9(13)14;1-2(3)4;/h1-4,10H,5H2,(H,11,12)(H,13,14);1H3,(H,3,4);/q;;+2/p-2. The molecule has 0 radical (unpaired) electrons. The predicted molar refractivity (Wildman–Crippen MR) is 57.6 cm³/mol. The third-order valence-corrected chi connectivity index (χ3v) is 1.58. The van der Waals surface area contributed by atoms with Crippen molar-refractivity contribution in [3.05, 3.63) is 29.8 Å². The maximum absolute atomic E-state index is 10.7. The van der Waals surface area contributed by atoms with Crippen molar-refractivity contribution in [1.82, 2.24) is 0 Å². The first-order chi connectivity index (χ1) is 8.34. The smallest absolute Gasteiger partial charge is 0.550 e. The minimum Gasteiger partial charge on any atom is -0.550 e. The van der Waals surface area contributed by atoms with Gasteiger partial charge < -0.3 is 30.2 Å². The molecule has 0 bridgehead atoms. The maximum Gasteiger partial charge on any atom is 2.00 e. The van der Waals surface area contributed by atoms with Crippen LogP contribution in [0.25, 0.3) is 0 Å². The van der Waals surface area contributed by atoms with E-state index in [2.05, 4.69) is 5.32 Å². The van der Waals surface area contributed by atoms with E-state index in [1.165, 1.54) is 12.1 Å². The van der Waals surface area contributed by atoms with Crippen molar-refractivity contribution in [2.45, 2.75) is 6.92 Å². The monoisotopic (exact) mass is 317 g/mol. The summed E-state index contributed by atoms with van der Waals surface area (Å²) in [6, 6.07) is 6.06. The number of hydrogen-bond donors (Lipinski definition) is 2. The Morgan fingerprint density at radius 2 is 1.68 bits per heavy atom. The molecule has 0 saturated carbocycles. The Labute approximate surface area is 122 Å². The van der Waals surface area contributed by atoms with Crippen molar-refractivity contribution in [3.63, 3.8) is 0 Å². The molecule has 0 atom stereocenters. The van der Waals surface area contributed by atoms with Gasteiger partial charge in [-0.25, -0.2) is 4.79 Å². The van der Waals surface area contributed by atoms with E-state index in [1.54, 1.807) is 12.1 Å². The average molecular weight is 319 g/mol. The number of carbonyl (C=O) groups is 3. The molecular weight excluding hydrogens is 308 g/mol. The molecule has 2 N–H and O–H groups in total. The van der Waals surface area contributed by atoms with Crippen molar-refractivity contribution < 1.29 is 49.2 Å². The molecule has 0 aromatic heterocycles. The number of rotatable bonds is 4. The van der Waals surface area contributed by atoms with Gasteiger partial charge >= 0.3 is 25.4 Å². The van der Waals surface area contributed by atoms with Crippen LogP contribution in [0, 0.1) is 0 Å². The molecule has 19 heavy (non-hydrogen) atoms. The van der Waals surface area contributed by atoms with Gasteiger partial charge in [0.05, 0.1) is 18.1 Å². The summed E-state index contributed by atoms with van der Waals surface area (Å²) in [6.45, 7) is 0.560. The van der Waals surface area contributed by atoms with Crippen LogP contribution >= 0.6 is 0 Å². The number of para-hydroxylation sites is 1. The molecule has 98 valence electrons. The van der Waals surface area contributed by atoms with E-state index in [4.69, 9.17) is 15.0 Å². The fraction of sp³-hybridized carbons (Fsp3) is 0.182. The van der Waals surface area contributed by atoms with E-state index in [1.807, 2.05) is 0 Å². The van der Waals surface area contributed by atoms with Gasteiger partial charge in [0, 0.05) is 11.7 Å². The molecule has 8 heteroatoms. The molecule has 0 unspecified atom stereocenters. The Morgan fingerprint density at radius 3 is 2.11 bits per heavy atom. The zero-order valence-electron chi connectivity index (χ0n) is 10.2. The van der Waals surface area contributed by atoms with Crippen LogP contribution in [0.4, 0.5) is 5.69 Å². The fourth-order valence-electron chi connectivity index (χ4n) is 0.991. The summed E-state index contributed by atoms with van der Waals surface area (Å²) in [7, 11) is 0. The molecule has 0 saturated heterocycles. The fourth-order valence-corrected chi connectivity index (χ4v) is 0.991. The van der Waals surface area contributed by atoms with Gasteiger partial charge in [0.1, 0.15) is 0 Å². The number of aromatic carboxylic acids is 1. The molecule has 0 fully saturated rings. The summed E-state index contributed by atoms with van der Waals surface area (Å²) < 4.78 is 0. The Balaban J connectivity index is 0.